The number of fused-ring (bicyclic) bond motifs is 1. The number of carbonyl (C=O) groups excluding carboxylic acids is 2. The Morgan fingerprint density at radius 3 is 3.00 bits per heavy atom. The van der Waals surface area contributed by atoms with Crippen molar-refractivity contribution in [2.24, 2.45) is 11.7 Å². The minimum absolute atomic E-state index is 0.0786. The van der Waals surface area contributed by atoms with E-state index in [1.807, 2.05) is 19.1 Å². The summed E-state index contributed by atoms with van der Waals surface area (Å²) in [5.74, 6) is -0.445. The largest absolute Gasteiger partial charge is 0.369 e. The van der Waals surface area contributed by atoms with Crippen LogP contribution in [0.4, 0.5) is 0 Å². The van der Waals surface area contributed by atoms with E-state index in [1.54, 1.807) is 6.07 Å². The zero-order chi connectivity index (χ0) is 18.0. The molecule has 1 atom stereocenters. The van der Waals surface area contributed by atoms with Gasteiger partial charge in [-0.15, -0.1) is 0 Å². The van der Waals surface area contributed by atoms with Crippen LogP contribution in [0.1, 0.15) is 28.9 Å². The minimum Gasteiger partial charge on any atom is -0.369 e. The first-order valence-electron chi connectivity index (χ1n) is 8.53. The highest BCUT2D eigenvalue weighted by molar-refractivity contribution is 6.31. The van der Waals surface area contributed by atoms with Crippen molar-refractivity contribution in [1.82, 2.24) is 15.2 Å². The molecule has 25 heavy (non-hydrogen) atoms. The van der Waals surface area contributed by atoms with Crippen molar-refractivity contribution in [1.29, 1.82) is 0 Å². The van der Waals surface area contributed by atoms with Crippen LogP contribution in [0.3, 0.4) is 0 Å². The molecule has 134 valence electrons. The second kappa shape index (κ2) is 7.45. The summed E-state index contributed by atoms with van der Waals surface area (Å²) in [5.41, 5.74) is 7.74. The quantitative estimate of drug-likeness (QED) is 0.760. The molecule has 0 radical (unpaired) electrons. The van der Waals surface area contributed by atoms with Gasteiger partial charge < -0.3 is 20.9 Å². The number of aromatic nitrogens is 1. The molecule has 1 aliphatic rings. The zero-order valence-electron chi connectivity index (χ0n) is 14.3. The van der Waals surface area contributed by atoms with Crippen LogP contribution in [0.2, 0.25) is 5.02 Å². The number of nitrogens with zero attached hydrogens (tertiary/aromatic N) is 1. The predicted octanol–water partition coefficient (Wildman–Crippen LogP) is 2.06. The molecule has 1 aromatic heterocycles. The maximum atomic E-state index is 12.5. The molecule has 7 heteroatoms. The van der Waals surface area contributed by atoms with Crippen molar-refractivity contribution in [3.8, 4) is 0 Å². The van der Waals surface area contributed by atoms with Crippen LogP contribution in [-0.4, -0.2) is 47.9 Å². The molecule has 0 spiro atoms. The van der Waals surface area contributed by atoms with Crippen LogP contribution in [0, 0.1) is 12.8 Å². The molecular formula is C18H23ClN4O2. The van der Waals surface area contributed by atoms with E-state index < -0.39 is 0 Å². The second-order valence-electron chi connectivity index (χ2n) is 6.61. The number of likely N-dealkylation sites (tertiary alicyclic amines) is 1. The summed E-state index contributed by atoms with van der Waals surface area (Å²) in [7, 11) is 0. The zero-order valence-corrected chi connectivity index (χ0v) is 15.0. The van der Waals surface area contributed by atoms with Crippen LogP contribution in [0.15, 0.2) is 18.2 Å². The van der Waals surface area contributed by atoms with Crippen molar-refractivity contribution in [3.63, 3.8) is 0 Å². The van der Waals surface area contributed by atoms with Gasteiger partial charge in [-0.1, -0.05) is 11.6 Å². The van der Waals surface area contributed by atoms with Crippen molar-refractivity contribution >= 4 is 34.3 Å². The molecule has 1 saturated heterocycles. The van der Waals surface area contributed by atoms with Crippen LogP contribution in [0.5, 0.6) is 0 Å². The topological polar surface area (TPSA) is 91.2 Å². The first kappa shape index (κ1) is 17.8. The van der Waals surface area contributed by atoms with E-state index in [0.717, 1.165) is 35.9 Å². The first-order valence-corrected chi connectivity index (χ1v) is 8.91. The van der Waals surface area contributed by atoms with Crippen LogP contribution < -0.4 is 11.1 Å². The number of benzene rings is 1. The molecule has 2 aromatic rings. The van der Waals surface area contributed by atoms with E-state index in [4.69, 9.17) is 17.3 Å². The predicted molar refractivity (Wildman–Crippen MR) is 98.7 cm³/mol. The number of rotatable bonds is 5. The number of nitrogens with two attached hydrogens (primary N) is 1. The second-order valence-corrected chi connectivity index (χ2v) is 7.05. The number of amides is 2. The maximum Gasteiger partial charge on any atom is 0.268 e. The standard InChI is InChI=1S/C18H23ClN4O2/c1-11-14-9-13(19)4-5-15(14)22-16(11)18(25)21-6-8-23-7-2-3-12(10-23)17(20)24/h4-5,9,12,22H,2-3,6-8,10H2,1H3,(H2,20,24)(H,21,25). The van der Waals surface area contributed by atoms with Crippen LogP contribution in [-0.2, 0) is 4.79 Å². The fourth-order valence-corrected chi connectivity index (χ4v) is 3.60. The van der Waals surface area contributed by atoms with Crippen LogP contribution >= 0.6 is 11.6 Å². The molecular weight excluding hydrogens is 340 g/mol. The number of nitrogens with one attached hydrogen (secondary N) is 2. The van der Waals surface area contributed by atoms with Gasteiger partial charge in [0.05, 0.1) is 5.92 Å². The highest BCUT2D eigenvalue weighted by atomic mass is 35.5. The molecule has 0 saturated carbocycles. The lowest BCUT2D eigenvalue weighted by Gasteiger charge is -2.31. The number of halogens is 1. The van der Waals surface area contributed by atoms with Gasteiger partial charge in [0.1, 0.15) is 5.69 Å². The SMILES string of the molecule is Cc1c(C(=O)NCCN2CCCC(C(N)=O)C2)[nH]c2ccc(Cl)cc12. The molecule has 1 fully saturated rings. The molecule has 6 nitrogen and oxygen atoms in total. The van der Waals surface area contributed by atoms with Crippen LogP contribution in [0.25, 0.3) is 10.9 Å². The molecule has 4 N–H and O–H groups in total. The fraction of sp³-hybridized carbons (Fsp3) is 0.444. The number of hydrogen-bond acceptors (Lipinski definition) is 3. The maximum absolute atomic E-state index is 12.5. The van der Waals surface area contributed by atoms with E-state index in [2.05, 4.69) is 15.2 Å². The van der Waals surface area contributed by atoms with Crippen molar-refractivity contribution < 1.29 is 9.59 Å². The summed E-state index contributed by atoms with van der Waals surface area (Å²) in [6, 6.07) is 5.53. The average molecular weight is 363 g/mol. The van der Waals surface area contributed by atoms with Gasteiger partial charge in [-0.2, -0.15) is 0 Å². The van der Waals surface area contributed by atoms with E-state index in [1.165, 1.54) is 0 Å². The molecule has 2 heterocycles. The lowest BCUT2D eigenvalue weighted by molar-refractivity contribution is -0.123. The molecule has 2 amide bonds. The number of piperidine rings is 1. The summed E-state index contributed by atoms with van der Waals surface area (Å²) in [4.78, 5) is 29.1. The summed E-state index contributed by atoms with van der Waals surface area (Å²) in [6.07, 6.45) is 1.82. The van der Waals surface area contributed by atoms with E-state index >= 15 is 0 Å². The fourth-order valence-electron chi connectivity index (χ4n) is 3.43. The Hall–Kier alpha value is -2.05. The van der Waals surface area contributed by atoms with Crippen molar-refractivity contribution in [2.45, 2.75) is 19.8 Å². The average Bonchev–Trinajstić information content (AvgIpc) is 2.91. The Kier molecular flexibility index (Phi) is 5.30. The van der Waals surface area contributed by atoms with Gasteiger partial charge >= 0.3 is 0 Å². The van der Waals surface area contributed by atoms with E-state index in [-0.39, 0.29) is 17.7 Å². The third-order valence-corrected chi connectivity index (χ3v) is 5.10. The monoisotopic (exact) mass is 362 g/mol. The minimum atomic E-state index is -0.235. The number of aromatic amines is 1. The Bertz CT molecular complexity index is 802. The first-order chi connectivity index (χ1) is 12.0. The molecule has 3 rings (SSSR count). The van der Waals surface area contributed by atoms with Gasteiger partial charge in [-0.25, -0.2) is 0 Å². The number of carbonyl (C=O) groups is 2. The van der Waals surface area contributed by atoms with Crippen molar-refractivity contribution in [2.75, 3.05) is 26.2 Å². The lowest BCUT2D eigenvalue weighted by Crippen LogP contribution is -2.44. The number of hydrogen-bond donors (Lipinski definition) is 3. The van der Waals surface area contributed by atoms with Gasteiger partial charge in [-0.3, -0.25) is 9.59 Å². The molecule has 1 aliphatic heterocycles. The highest BCUT2D eigenvalue weighted by Gasteiger charge is 2.23. The normalized spacial score (nSPS) is 18.4. The highest BCUT2D eigenvalue weighted by Crippen LogP contribution is 2.24. The summed E-state index contributed by atoms with van der Waals surface area (Å²) in [5, 5.41) is 4.55. The number of aryl methyl sites for hydroxylation is 1. The molecule has 0 aliphatic carbocycles. The lowest BCUT2D eigenvalue weighted by atomic mass is 9.97. The molecule has 1 aromatic carbocycles. The summed E-state index contributed by atoms with van der Waals surface area (Å²) in [6.45, 7) is 4.76. The molecule has 0 bridgehead atoms. The van der Waals surface area contributed by atoms with Gasteiger partial charge in [-0.05, 0) is 50.1 Å². The van der Waals surface area contributed by atoms with Gasteiger partial charge in [0.15, 0.2) is 0 Å². The van der Waals surface area contributed by atoms with Crippen molar-refractivity contribution in [3.05, 3.63) is 34.5 Å². The van der Waals surface area contributed by atoms with Gasteiger partial charge in [0.2, 0.25) is 5.91 Å². The summed E-state index contributed by atoms with van der Waals surface area (Å²) < 4.78 is 0. The van der Waals surface area contributed by atoms with E-state index in [9.17, 15) is 9.59 Å². The van der Waals surface area contributed by atoms with Gasteiger partial charge in [0.25, 0.3) is 5.91 Å². The number of primary amides is 1. The Labute approximate surface area is 151 Å². The van der Waals surface area contributed by atoms with Gasteiger partial charge in [0, 0.05) is 35.6 Å². The third-order valence-electron chi connectivity index (χ3n) is 4.87. The number of H-pyrrole nitrogens is 1. The smallest absolute Gasteiger partial charge is 0.268 e. The van der Waals surface area contributed by atoms with E-state index in [0.29, 0.717) is 30.4 Å². The molecule has 1 unspecified atom stereocenters. The Balaban J connectivity index is 1.58. The Morgan fingerprint density at radius 1 is 1.44 bits per heavy atom. The summed E-state index contributed by atoms with van der Waals surface area (Å²) >= 11 is 6.03. The Morgan fingerprint density at radius 2 is 2.24 bits per heavy atom. The third kappa shape index (κ3) is 3.96.